The molecular formula is C12H22N2S. The van der Waals surface area contributed by atoms with Crippen LogP contribution in [-0.4, -0.2) is 25.0 Å². The SMILES string of the molecule is CCCC(CN)CN(C)Cc1cccs1. The number of hydrogen-bond donors (Lipinski definition) is 1. The van der Waals surface area contributed by atoms with Crippen molar-refractivity contribution < 1.29 is 0 Å². The van der Waals surface area contributed by atoms with Crippen molar-refractivity contribution in [3.8, 4) is 0 Å². The second kappa shape index (κ2) is 6.99. The van der Waals surface area contributed by atoms with Gasteiger partial charge in [0.1, 0.15) is 0 Å². The highest BCUT2D eigenvalue weighted by Crippen LogP contribution is 2.13. The Morgan fingerprint density at radius 2 is 2.33 bits per heavy atom. The molecule has 15 heavy (non-hydrogen) atoms. The van der Waals surface area contributed by atoms with Gasteiger partial charge in [0.25, 0.3) is 0 Å². The first-order chi connectivity index (χ1) is 7.26. The first-order valence-corrected chi connectivity index (χ1v) is 6.55. The molecule has 86 valence electrons. The summed E-state index contributed by atoms with van der Waals surface area (Å²) < 4.78 is 0. The zero-order chi connectivity index (χ0) is 11.1. The van der Waals surface area contributed by atoms with Crippen LogP contribution in [0.15, 0.2) is 17.5 Å². The molecular weight excluding hydrogens is 204 g/mol. The number of rotatable bonds is 7. The predicted octanol–water partition coefficient (Wildman–Crippen LogP) is 2.55. The average molecular weight is 226 g/mol. The van der Waals surface area contributed by atoms with Gasteiger partial charge in [-0.3, -0.25) is 0 Å². The van der Waals surface area contributed by atoms with Crippen molar-refractivity contribution in [2.75, 3.05) is 20.1 Å². The molecule has 2 nitrogen and oxygen atoms in total. The van der Waals surface area contributed by atoms with E-state index in [4.69, 9.17) is 5.73 Å². The van der Waals surface area contributed by atoms with E-state index >= 15 is 0 Å². The monoisotopic (exact) mass is 226 g/mol. The van der Waals surface area contributed by atoms with Crippen molar-refractivity contribution in [2.24, 2.45) is 11.7 Å². The number of thiophene rings is 1. The molecule has 0 fully saturated rings. The molecule has 0 radical (unpaired) electrons. The molecule has 0 saturated carbocycles. The minimum Gasteiger partial charge on any atom is -0.330 e. The van der Waals surface area contributed by atoms with E-state index in [1.165, 1.54) is 17.7 Å². The number of nitrogens with two attached hydrogens (primary N) is 1. The molecule has 0 amide bonds. The third kappa shape index (κ3) is 4.78. The minimum absolute atomic E-state index is 0.653. The van der Waals surface area contributed by atoms with Crippen LogP contribution in [0.2, 0.25) is 0 Å². The van der Waals surface area contributed by atoms with Crippen LogP contribution in [0.3, 0.4) is 0 Å². The third-order valence-corrected chi connectivity index (χ3v) is 3.47. The fraction of sp³-hybridized carbons (Fsp3) is 0.667. The fourth-order valence-electron chi connectivity index (χ4n) is 1.87. The van der Waals surface area contributed by atoms with Gasteiger partial charge >= 0.3 is 0 Å². The lowest BCUT2D eigenvalue weighted by molar-refractivity contribution is 0.264. The molecule has 0 aromatic carbocycles. The van der Waals surface area contributed by atoms with Crippen LogP contribution in [0.25, 0.3) is 0 Å². The largest absolute Gasteiger partial charge is 0.330 e. The molecule has 1 aromatic heterocycles. The van der Waals surface area contributed by atoms with E-state index in [2.05, 4.69) is 36.4 Å². The van der Waals surface area contributed by atoms with Crippen LogP contribution in [0.4, 0.5) is 0 Å². The zero-order valence-electron chi connectivity index (χ0n) is 9.78. The summed E-state index contributed by atoms with van der Waals surface area (Å²) in [7, 11) is 2.18. The van der Waals surface area contributed by atoms with Gasteiger partial charge in [0, 0.05) is 18.0 Å². The van der Waals surface area contributed by atoms with Crippen LogP contribution in [0.5, 0.6) is 0 Å². The standard InChI is InChI=1S/C12H22N2S/c1-3-5-11(8-13)9-14(2)10-12-6-4-7-15-12/h4,6-7,11H,3,5,8-10,13H2,1-2H3. The average Bonchev–Trinajstić information content (AvgIpc) is 2.69. The van der Waals surface area contributed by atoms with E-state index < -0.39 is 0 Å². The van der Waals surface area contributed by atoms with E-state index in [1.54, 1.807) is 0 Å². The van der Waals surface area contributed by atoms with Crippen molar-refractivity contribution in [3.63, 3.8) is 0 Å². The van der Waals surface area contributed by atoms with Gasteiger partial charge < -0.3 is 10.6 Å². The predicted molar refractivity (Wildman–Crippen MR) is 68.1 cm³/mol. The van der Waals surface area contributed by atoms with Crippen LogP contribution < -0.4 is 5.73 Å². The molecule has 0 aliphatic carbocycles. The second-order valence-corrected chi connectivity index (χ2v) is 5.20. The van der Waals surface area contributed by atoms with Gasteiger partial charge in [-0.1, -0.05) is 19.4 Å². The summed E-state index contributed by atoms with van der Waals surface area (Å²) in [6, 6.07) is 4.30. The Bertz CT molecular complexity index is 246. The van der Waals surface area contributed by atoms with Crippen molar-refractivity contribution in [1.82, 2.24) is 4.90 Å². The van der Waals surface area contributed by atoms with Crippen molar-refractivity contribution in [2.45, 2.75) is 26.3 Å². The Balaban J connectivity index is 2.30. The molecule has 0 aliphatic heterocycles. The van der Waals surface area contributed by atoms with E-state index in [-0.39, 0.29) is 0 Å². The van der Waals surface area contributed by atoms with Gasteiger partial charge in [0.15, 0.2) is 0 Å². The highest BCUT2D eigenvalue weighted by Gasteiger charge is 2.09. The van der Waals surface area contributed by atoms with Gasteiger partial charge in [-0.05, 0) is 37.4 Å². The molecule has 0 aliphatic rings. The molecule has 0 bridgehead atoms. The van der Waals surface area contributed by atoms with Gasteiger partial charge in [0.05, 0.1) is 0 Å². The molecule has 3 heteroatoms. The lowest BCUT2D eigenvalue weighted by atomic mass is 10.0. The van der Waals surface area contributed by atoms with Gasteiger partial charge in [0.2, 0.25) is 0 Å². The summed E-state index contributed by atoms with van der Waals surface area (Å²) in [5, 5.41) is 2.13. The molecule has 0 saturated heterocycles. The molecule has 0 spiro atoms. The maximum atomic E-state index is 5.76. The maximum Gasteiger partial charge on any atom is 0.0324 e. The summed E-state index contributed by atoms with van der Waals surface area (Å²) in [6.45, 7) is 5.20. The first kappa shape index (κ1) is 12.7. The summed E-state index contributed by atoms with van der Waals surface area (Å²) in [5.41, 5.74) is 5.76. The molecule has 1 unspecified atom stereocenters. The van der Waals surface area contributed by atoms with Crippen LogP contribution in [-0.2, 0) is 6.54 Å². The van der Waals surface area contributed by atoms with Crippen LogP contribution in [0, 0.1) is 5.92 Å². The molecule has 2 N–H and O–H groups in total. The Morgan fingerprint density at radius 3 is 2.87 bits per heavy atom. The zero-order valence-corrected chi connectivity index (χ0v) is 10.6. The summed E-state index contributed by atoms with van der Waals surface area (Å²) >= 11 is 1.83. The van der Waals surface area contributed by atoms with Gasteiger partial charge in [-0.2, -0.15) is 0 Å². The maximum absolute atomic E-state index is 5.76. The van der Waals surface area contributed by atoms with Crippen LogP contribution in [0.1, 0.15) is 24.6 Å². The summed E-state index contributed by atoms with van der Waals surface area (Å²) in [4.78, 5) is 3.81. The van der Waals surface area contributed by atoms with Gasteiger partial charge in [-0.15, -0.1) is 11.3 Å². The van der Waals surface area contributed by atoms with E-state index in [9.17, 15) is 0 Å². The Kier molecular flexibility index (Phi) is 5.91. The van der Waals surface area contributed by atoms with Crippen molar-refractivity contribution in [1.29, 1.82) is 0 Å². The number of nitrogens with zero attached hydrogens (tertiary/aromatic N) is 1. The molecule has 1 heterocycles. The van der Waals surface area contributed by atoms with E-state index in [0.717, 1.165) is 19.6 Å². The molecule has 1 aromatic rings. The Hall–Kier alpha value is -0.380. The first-order valence-electron chi connectivity index (χ1n) is 5.67. The van der Waals surface area contributed by atoms with Crippen molar-refractivity contribution >= 4 is 11.3 Å². The minimum atomic E-state index is 0.653. The van der Waals surface area contributed by atoms with Gasteiger partial charge in [-0.25, -0.2) is 0 Å². The van der Waals surface area contributed by atoms with Crippen molar-refractivity contribution in [3.05, 3.63) is 22.4 Å². The highest BCUT2D eigenvalue weighted by molar-refractivity contribution is 7.09. The topological polar surface area (TPSA) is 29.3 Å². The lowest BCUT2D eigenvalue weighted by Gasteiger charge is -2.22. The quantitative estimate of drug-likeness (QED) is 0.774. The normalized spacial score (nSPS) is 13.3. The number of hydrogen-bond acceptors (Lipinski definition) is 3. The smallest absolute Gasteiger partial charge is 0.0324 e. The lowest BCUT2D eigenvalue weighted by Crippen LogP contribution is -2.29. The second-order valence-electron chi connectivity index (χ2n) is 4.17. The Labute approximate surface area is 97.1 Å². The molecule has 1 rings (SSSR count). The Morgan fingerprint density at radius 1 is 1.53 bits per heavy atom. The summed E-state index contributed by atoms with van der Waals surface area (Å²) in [6.07, 6.45) is 2.47. The summed E-state index contributed by atoms with van der Waals surface area (Å²) in [5.74, 6) is 0.653. The molecule has 1 atom stereocenters. The fourth-order valence-corrected chi connectivity index (χ4v) is 2.65. The van der Waals surface area contributed by atoms with Crippen LogP contribution >= 0.6 is 11.3 Å². The van der Waals surface area contributed by atoms with E-state index in [0.29, 0.717) is 5.92 Å². The highest BCUT2D eigenvalue weighted by atomic mass is 32.1. The third-order valence-electron chi connectivity index (χ3n) is 2.61. The van der Waals surface area contributed by atoms with E-state index in [1.807, 2.05) is 11.3 Å².